The van der Waals surface area contributed by atoms with E-state index in [1.807, 2.05) is 0 Å². The summed E-state index contributed by atoms with van der Waals surface area (Å²) < 4.78 is 0. The van der Waals surface area contributed by atoms with Gasteiger partial charge in [-0.25, -0.2) is 0 Å². The van der Waals surface area contributed by atoms with Gasteiger partial charge in [0.1, 0.15) is 0 Å². The van der Waals surface area contributed by atoms with Gasteiger partial charge in [0.05, 0.1) is 0 Å². The van der Waals surface area contributed by atoms with Crippen LogP contribution >= 0.6 is 0 Å². The van der Waals surface area contributed by atoms with Gasteiger partial charge in [0.25, 0.3) is 0 Å². The molecule has 0 aliphatic carbocycles. The standard InChI is InChI=1S/C4H5NO/c6-4-2-1-3-5-4/h1,3H,2H2,(H,5,6). The maximum absolute atomic E-state index is 10.1. The summed E-state index contributed by atoms with van der Waals surface area (Å²) in [7, 11) is 0. The second-order valence-corrected chi connectivity index (χ2v) is 1.17. The molecule has 2 nitrogen and oxygen atoms in total. The molecule has 0 saturated heterocycles. The van der Waals surface area contributed by atoms with Crippen LogP contribution in [0.4, 0.5) is 0 Å². The van der Waals surface area contributed by atoms with Gasteiger partial charge in [-0.1, -0.05) is 6.08 Å². The minimum Gasteiger partial charge on any atom is -0.333 e. The Morgan fingerprint density at radius 1 is 1.83 bits per heavy atom. The van der Waals surface area contributed by atoms with E-state index in [-0.39, 0.29) is 5.91 Å². The smallest absolute Gasteiger partial charge is 0.227 e. The summed E-state index contributed by atoms with van der Waals surface area (Å²) >= 11 is 0. The van der Waals surface area contributed by atoms with E-state index >= 15 is 0 Å². The Kier molecular flexibility index (Phi) is 0.638. The molecule has 2 heteroatoms. The highest BCUT2D eigenvalue weighted by Crippen LogP contribution is 1.87. The van der Waals surface area contributed by atoms with Crippen molar-refractivity contribution in [3.05, 3.63) is 12.3 Å². The van der Waals surface area contributed by atoms with E-state index in [4.69, 9.17) is 0 Å². The predicted octanol–water partition coefficient (Wildman–Crippen LogP) is 0.0200. The number of hydrogen-bond donors (Lipinski definition) is 1. The van der Waals surface area contributed by atoms with Gasteiger partial charge < -0.3 is 5.32 Å². The molecule has 1 rings (SSSR count). The molecule has 1 N–H and O–H groups in total. The molecule has 1 aliphatic heterocycles. The second kappa shape index (κ2) is 1.12. The van der Waals surface area contributed by atoms with E-state index in [9.17, 15) is 4.79 Å². The van der Waals surface area contributed by atoms with Crippen molar-refractivity contribution in [1.29, 1.82) is 0 Å². The Morgan fingerprint density at radius 3 is 2.83 bits per heavy atom. The summed E-state index contributed by atoms with van der Waals surface area (Å²) in [5, 5.41) is 2.50. The first kappa shape index (κ1) is 3.40. The number of carbonyl (C=O) groups is 1. The minimum atomic E-state index is 0.0926. The number of rotatable bonds is 0. The van der Waals surface area contributed by atoms with Crippen molar-refractivity contribution in [2.45, 2.75) is 6.42 Å². The van der Waals surface area contributed by atoms with Crippen LogP contribution in [0.5, 0.6) is 0 Å². The molecular weight excluding hydrogens is 78.0 g/mol. The summed E-state index contributed by atoms with van der Waals surface area (Å²) in [6, 6.07) is 0. The summed E-state index contributed by atoms with van der Waals surface area (Å²) in [5.41, 5.74) is 0. The first-order valence-corrected chi connectivity index (χ1v) is 1.84. The zero-order chi connectivity index (χ0) is 4.41. The van der Waals surface area contributed by atoms with Gasteiger partial charge in [-0.2, -0.15) is 0 Å². The van der Waals surface area contributed by atoms with Crippen LogP contribution in [-0.2, 0) is 4.79 Å². The van der Waals surface area contributed by atoms with E-state index in [0.29, 0.717) is 6.42 Å². The molecule has 0 spiro atoms. The van der Waals surface area contributed by atoms with E-state index in [1.54, 1.807) is 12.3 Å². The molecule has 1 aliphatic rings. The zero-order valence-electron chi connectivity index (χ0n) is 3.27. The van der Waals surface area contributed by atoms with Crippen molar-refractivity contribution < 1.29 is 4.79 Å². The molecule has 1 heterocycles. The molecule has 0 radical (unpaired) electrons. The Labute approximate surface area is 35.9 Å². The lowest BCUT2D eigenvalue weighted by Gasteiger charge is -1.78. The fourth-order valence-electron chi connectivity index (χ4n) is 0.377. The summed E-state index contributed by atoms with van der Waals surface area (Å²) in [4.78, 5) is 10.1. The molecule has 0 atom stereocenters. The largest absolute Gasteiger partial charge is 0.333 e. The van der Waals surface area contributed by atoms with E-state index in [2.05, 4.69) is 5.32 Å². The van der Waals surface area contributed by atoms with Gasteiger partial charge in [-0.05, 0) is 0 Å². The highest BCUT2D eigenvalue weighted by Gasteiger charge is 1.97. The van der Waals surface area contributed by atoms with Crippen molar-refractivity contribution in [2.24, 2.45) is 0 Å². The van der Waals surface area contributed by atoms with Crippen LogP contribution in [0.3, 0.4) is 0 Å². The average molecular weight is 83.1 g/mol. The lowest BCUT2D eigenvalue weighted by atomic mass is 10.5. The SMILES string of the molecule is O=C1CC=CN1. The third-order valence-corrected chi connectivity index (χ3v) is 0.665. The van der Waals surface area contributed by atoms with Crippen molar-refractivity contribution >= 4 is 5.91 Å². The van der Waals surface area contributed by atoms with Crippen LogP contribution < -0.4 is 5.32 Å². The predicted molar refractivity (Wildman–Crippen MR) is 21.9 cm³/mol. The van der Waals surface area contributed by atoms with E-state index in [0.717, 1.165) is 0 Å². The Balaban J connectivity index is 2.52. The van der Waals surface area contributed by atoms with Crippen molar-refractivity contribution in [1.82, 2.24) is 5.32 Å². The minimum absolute atomic E-state index is 0.0926. The molecule has 0 aromatic carbocycles. The molecule has 0 saturated carbocycles. The third-order valence-electron chi connectivity index (χ3n) is 0.665. The van der Waals surface area contributed by atoms with E-state index in [1.165, 1.54) is 0 Å². The molecule has 0 aromatic heterocycles. The molecule has 0 unspecified atom stereocenters. The normalized spacial score (nSPS) is 18.3. The fraction of sp³-hybridized carbons (Fsp3) is 0.250. The number of carbonyl (C=O) groups excluding carboxylic acids is 1. The molecule has 0 fully saturated rings. The van der Waals surface area contributed by atoms with Crippen LogP contribution in [0, 0.1) is 0 Å². The topological polar surface area (TPSA) is 29.1 Å². The monoisotopic (exact) mass is 83.0 g/mol. The van der Waals surface area contributed by atoms with Crippen LogP contribution in [0.2, 0.25) is 0 Å². The van der Waals surface area contributed by atoms with Gasteiger partial charge in [0, 0.05) is 12.6 Å². The van der Waals surface area contributed by atoms with E-state index < -0.39 is 0 Å². The van der Waals surface area contributed by atoms with Crippen LogP contribution in [0.25, 0.3) is 0 Å². The highest BCUT2D eigenvalue weighted by molar-refractivity contribution is 5.80. The lowest BCUT2D eigenvalue weighted by molar-refractivity contribution is -0.118. The second-order valence-electron chi connectivity index (χ2n) is 1.17. The fourth-order valence-corrected chi connectivity index (χ4v) is 0.377. The quantitative estimate of drug-likeness (QED) is 0.439. The Hall–Kier alpha value is -0.790. The molecule has 32 valence electrons. The molecular formula is C4H5NO. The first-order chi connectivity index (χ1) is 2.89. The van der Waals surface area contributed by atoms with Gasteiger partial charge in [-0.15, -0.1) is 0 Å². The number of nitrogens with one attached hydrogen (secondary N) is 1. The summed E-state index contributed by atoms with van der Waals surface area (Å²) in [6.07, 6.45) is 4.00. The average Bonchev–Trinajstić information content (AvgIpc) is 1.86. The van der Waals surface area contributed by atoms with Gasteiger partial charge >= 0.3 is 0 Å². The summed E-state index contributed by atoms with van der Waals surface area (Å²) in [6.45, 7) is 0. The Bertz CT molecular complexity index is 85.7. The maximum Gasteiger partial charge on any atom is 0.227 e. The van der Waals surface area contributed by atoms with Gasteiger partial charge in [0.2, 0.25) is 5.91 Å². The van der Waals surface area contributed by atoms with Crippen molar-refractivity contribution in [3.8, 4) is 0 Å². The Morgan fingerprint density at radius 2 is 2.67 bits per heavy atom. The van der Waals surface area contributed by atoms with Crippen LogP contribution in [0.15, 0.2) is 12.3 Å². The molecule has 0 bridgehead atoms. The highest BCUT2D eigenvalue weighted by atomic mass is 16.1. The lowest BCUT2D eigenvalue weighted by Crippen LogP contribution is -2.08. The third kappa shape index (κ3) is 0.407. The molecule has 0 aromatic rings. The first-order valence-electron chi connectivity index (χ1n) is 1.84. The van der Waals surface area contributed by atoms with Crippen molar-refractivity contribution in [2.75, 3.05) is 0 Å². The van der Waals surface area contributed by atoms with Crippen LogP contribution in [0.1, 0.15) is 6.42 Å². The van der Waals surface area contributed by atoms with Gasteiger partial charge in [-0.3, -0.25) is 4.79 Å². The molecule has 6 heavy (non-hydrogen) atoms. The zero-order valence-corrected chi connectivity index (χ0v) is 3.27. The summed E-state index contributed by atoms with van der Waals surface area (Å²) in [5.74, 6) is 0.0926. The number of amides is 1. The van der Waals surface area contributed by atoms with Gasteiger partial charge in [0.15, 0.2) is 0 Å². The number of hydrogen-bond acceptors (Lipinski definition) is 1. The van der Waals surface area contributed by atoms with Crippen molar-refractivity contribution in [3.63, 3.8) is 0 Å². The van der Waals surface area contributed by atoms with Crippen LogP contribution in [-0.4, -0.2) is 5.91 Å². The molecule has 1 amide bonds. The maximum atomic E-state index is 10.1.